The van der Waals surface area contributed by atoms with Gasteiger partial charge in [-0.2, -0.15) is 0 Å². The Morgan fingerprint density at radius 3 is 3.15 bits per heavy atom. The number of hydrogen-bond donors (Lipinski definition) is 0. The Morgan fingerprint density at radius 2 is 2.46 bits per heavy atom. The van der Waals surface area contributed by atoms with Gasteiger partial charge in [0.15, 0.2) is 0 Å². The fourth-order valence-electron chi connectivity index (χ4n) is 0.810. The van der Waals surface area contributed by atoms with E-state index in [-0.39, 0.29) is 6.54 Å². The molecular formula is C9H8N4. The second kappa shape index (κ2) is 4.81. The monoisotopic (exact) mass is 172 g/mol. The molecule has 1 rings (SSSR count). The molecule has 4 heteroatoms. The number of aromatic nitrogens is 1. The minimum Gasteiger partial charge on any atom is -0.245 e. The standard InChI is InChI=1S/C9H8N4/c1-8-4-2-5-9(12-8)6-3-7-11-13-10/h2,4-5H,7H2,1H3. The van der Waals surface area contributed by atoms with E-state index in [1.807, 2.05) is 25.1 Å². The quantitative estimate of drug-likeness (QED) is 0.277. The van der Waals surface area contributed by atoms with Gasteiger partial charge in [0.25, 0.3) is 0 Å². The molecule has 0 aliphatic heterocycles. The molecule has 1 heterocycles. The molecular weight excluding hydrogens is 164 g/mol. The molecule has 0 saturated carbocycles. The van der Waals surface area contributed by atoms with Crippen molar-refractivity contribution in [2.45, 2.75) is 6.92 Å². The molecule has 0 spiro atoms. The van der Waals surface area contributed by atoms with E-state index in [2.05, 4.69) is 26.9 Å². The van der Waals surface area contributed by atoms with Gasteiger partial charge in [0.05, 0.1) is 6.54 Å². The average Bonchev–Trinajstić information content (AvgIpc) is 2.13. The Kier molecular flexibility index (Phi) is 3.37. The predicted molar refractivity (Wildman–Crippen MR) is 49.9 cm³/mol. The summed E-state index contributed by atoms with van der Waals surface area (Å²) in [6, 6.07) is 5.61. The Labute approximate surface area is 76.2 Å². The number of aryl methyl sites for hydroxylation is 1. The third-order valence-corrected chi connectivity index (χ3v) is 1.32. The summed E-state index contributed by atoms with van der Waals surface area (Å²) < 4.78 is 0. The molecule has 0 unspecified atom stereocenters. The van der Waals surface area contributed by atoms with Gasteiger partial charge in [-0.1, -0.05) is 17.1 Å². The molecule has 0 aliphatic carbocycles. The molecule has 1 aromatic rings. The lowest BCUT2D eigenvalue weighted by Gasteiger charge is -1.90. The summed E-state index contributed by atoms with van der Waals surface area (Å²) in [5.41, 5.74) is 9.61. The smallest absolute Gasteiger partial charge is 0.113 e. The summed E-state index contributed by atoms with van der Waals surface area (Å²) in [7, 11) is 0. The normalized spacial score (nSPS) is 8.08. The molecule has 0 aliphatic rings. The zero-order chi connectivity index (χ0) is 9.52. The fraction of sp³-hybridized carbons (Fsp3) is 0.222. The van der Waals surface area contributed by atoms with E-state index in [0.717, 1.165) is 5.69 Å². The first kappa shape index (κ1) is 9.11. The van der Waals surface area contributed by atoms with Crippen molar-refractivity contribution in [1.29, 1.82) is 0 Å². The van der Waals surface area contributed by atoms with Crippen LogP contribution >= 0.6 is 0 Å². The summed E-state index contributed by atoms with van der Waals surface area (Å²) in [6.07, 6.45) is 0. The molecule has 0 radical (unpaired) electrons. The van der Waals surface area contributed by atoms with E-state index >= 15 is 0 Å². The van der Waals surface area contributed by atoms with Crippen LogP contribution in [0.25, 0.3) is 10.4 Å². The molecule has 0 atom stereocenters. The first-order valence-electron chi connectivity index (χ1n) is 3.76. The van der Waals surface area contributed by atoms with Gasteiger partial charge >= 0.3 is 0 Å². The molecule has 13 heavy (non-hydrogen) atoms. The molecule has 0 bridgehead atoms. The van der Waals surface area contributed by atoms with Crippen molar-refractivity contribution < 1.29 is 0 Å². The van der Waals surface area contributed by atoms with Crippen LogP contribution in [0.4, 0.5) is 0 Å². The van der Waals surface area contributed by atoms with Crippen LogP contribution in [0.5, 0.6) is 0 Å². The molecule has 4 nitrogen and oxygen atoms in total. The van der Waals surface area contributed by atoms with Crippen LogP contribution in [0.2, 0.25) is 0 Å². The molecule has 64 valence electrons. The van der Waals surface area contributed by atoms with Gasteiger partial charge in [0.1, 0.15) is 5.69 Å². The maximum absolute atomic E-state index is 7.98. The van der Waals surface area contributed by atoms with Gasteiger partial charge in [-0.3, -0.25) is 0 Å². The van der Waals surface area contributed by atoms with Crippen molar-refractivity contribution in [3.05, 3.63) is 40.0 Å². The maximum atomic E-state index is 7.98. The van der Waals surface area contributed by atoms with Crippen molar-refractivity contribution in [3.8, 4) is 11.8 Å². The first-order chi connectivity index (χ1) is 6.33. The average molecular weight is 172 g/mol. The minimum atomic E-state index is 0.187. The Bertz CT molecular complexity index is 394. The van der Waals surface area contributed by atoms with Crippen molar-refractivity contribution in [3.63, 3.8) is 0 Å². The predicted octanol–water partition coefficient (Wildman–Crippen LogP) is 2.05. The Morgan fingerprint density at radius 1 is 1.62 bits per heavy atom. The van der Waals surface area contributed by atoms with Gasteiger partial charge in [-0.05, 0) is 30.5 Å². The van der Waals surface area contributed by atoms with Crippen LogP contribution in [0.1, 0.15) is 11.4 Å². The zero-order valence-electron chi connectivity index (χ0n) is 7.23. The first-order valence-corrected chi connectivity index (χ1v) is 3.76. The molecule has 0 aromatic carbocycles. The summed E-state index contributed by atoms with van der Waals surface area (Å²) >= 11 is 0. The maximum Gasteiger partial charge on any atom is 0.113 e. The van der Waals surface area contributed by atoms with Crippen LogP contribution in [0, 0.1) is 18.8 Å². The number of azide groups is 1. The Balaban J connectivity index is 2.71. The van der Waals surface area contributed by atoms with E-state index < -0.39 is 0 Å². The number of nitrogens with zero attached hydrogens (tertiary/aromatic N) is 4. The van der Waals surface area contributed by atoms with Gasteiger partial charge in [0.2, 0.25) is 0 Å². The summed E-state index contributed by atoms with van der Waals surface area (Å²) in [5, 5.41) is 3.29. The largest absolute Gasteiger partial charge is 0.245 e. The lowest BCUT2D eigenvalue weighted by Crippen LogP contribution is -1.84. The van der Waals surface area contributed by atoms with Crippen molar-refractivity contribution in [2.75, 3.05) is 6.54 Å². The third-order valence-electron chi connectivity index (χ3n) is 1.32. The highest BCUT2D eigenvalue weighted by Crippen LogP contribution is 1.95. The van der Waals surface area contributed by atoms with Crippen LogP contribution in [-0.2, 0) is 0 Å². The van der Waals surface area contributed by atoms with Crippen LogP contribution < -0.4 is 0 Å². The van der Waals surface area contributed by atoms with Gasteiger partial charge in [-0.15, -0.1) is 0 Å². The number of hydrogen-bond acceptors (Lipinski definition) is 2. The van der Waals surface area contributed by atoms with E-state index in [9.17, 15) is 0 Å². The Hall–Kier alpha value is -1.98. The fourth-order valence-corrected chi connectivity index (χ4v) is 0.810. The molecule has 0 amide bonds. The summed E-state index contributed by atoms with van der Waals surface area (Å²) in [4.78, 5) is 6.75. The van der Waals surface area contributed by atoms with Crippen molar-refractivity contribution in [2.24, 2.45) is 5.11 Å². The van der Waals surface area contributed by atoms with Crippen LogP contribution in [0.3, 0.4) is 0 Å². The molecule has 0 fully saturated rings. The molecule has 0 N–H and O–H groups in total. The molecule has 0 saturated heterocycles. The van der Waals surface area contributed by atoms with Gasteiger partial charge < -0.3 is 0 Å². The van der Waals surface area contributed by atoms with E-state index in [0.29, 0.717) is 5.69 Å². The highest BCUT2D eigenvalue weighted by molar-refractivity contribution is 5.28. The second-order valence-electron chi connectivity index (χ2n) is 2.35. The van der Waals surface area contributed by atoms with Gasteiger partial charge in [0, 0.05) is 10.6 Å². The van der Waals surface area contributed by atoms with Gasteiger partial charge in [-0.25, -0.2) is 4.98 Å². The van der Waals surface area contributed by atoms with Crippen molar-refractivity contribution in [1.82, 2.24) is 4.98 Å². The SMILES string of the molecule is Cc1cccc(C#CCN=[N+]=[N-])n1. The van der Waals surface area contributed by atoms with Crippen LogP contribution in [0.15, 0.2) is 23.3 Å². The summed E-state index contributed by atoms with van der Waals surface area (Å²) in [5.74, 6) is 5.49. The summed E-state index contributed by atoms with van der Waals surface area (Å²) in [6.45, 7) is 2.09. The number of pyridine rings is 1. The molecule has 1 aromatic heterocycles. The minimum absolute atomic E-state index is 0.187. The third kappa shape index (κ3) is 3.28. The van der Waals surface area contributed by atoms with E-state index in [1.54, 1.807) is 0 Å². The lowest BCUT2D eigenvalue weighted by molar-refractivity contribution is 1.17. The van der Waals surface area contributed by atoms with Crippen molar-refractivity contribution >= 4 is 0 Å². The van der Waals surface area contributed by atoms with Crippen LogP contribution in [-0.4, -0.2) is 11.5 Å². The lowest BCUT2D eigenvalue weighted by atomic mass is 10.3. The van der Waals surface area contributed by atoms with E-state index in [1.165, 1.54) is 0 Å². The zero-order valence-corrected chi connectivity index (χ0v) is 7.23. The highest BCUT2D eigenvalue weighted by Gasteiger charge is 1.86. The highest BCUT2D eigenvalue weighted by atomic mass is 15.1. The number of rotatable bonds is 1. The van der Waals surface area contributed by atoms with E-state index in [4.69, 9.17) is 5.53 Å². The topological polar surface area (TPSA) is 61.7 Å². The second-order valence-corrected chi connectivity index (χ2v) is 2.35.